The Morgan fingerprint density at radius 1 is 1.33 bits per heavy atom. The number of aliphatic hydroxyl groups is 1. The highest BCUT2D eigenvalue weighted by Crippen LogP contribution is 2.45. The fourth-order valence-corrected chi connectivity index (χ4v) is 3.46. The standard InChI is InChI=1S/C14H24N2O2/c1-13(2)6-3-7-15-11(13)12(17)16-8-14(18,9-16)10-4-5-10/h10-11,15,18H,3-9H2,1-2H3. The Bertz CT molecular complexity index is 357. The fourth-order valence-electron chi connectivity index (χ4n) is 3.46. The first-order valence-corrected chi connectivity index (χ1v) is 7.17. The quantitative estimate of drug-likeness (QED) is 0.762. The summed E-state index contributed by atoms with van der Waals surface area (Å²) in [5, 5.41) is 13.6. The van der Waals surface area contributed by atoms with Gasteiger partial charge in [0, 0.05) is 0 Å². The molecule has 4 heteroatoms. The number of hydrogen-bond donors (Lipinski definition) is 2. The smallest absolute Gasteiger partial charge is 0.240 e. The van der Waals surface area contributed by atoms with Crippen LogP contribution >= 0.6 is 0 Å². The molecule has 0 radical (unpaired) electrons. The van der Waals surface area contributed by atoms with Crippen LogP contribution < -0.4 is 5.32 Å². The van der Waals surface area contributed by atoms with Crippen molar-refractivity contribution in [2.45, 2.75) is 51.2 Å². The maximum atomic E-state index is 12.5. The van der Waals surface area contributed by atoms with Crippen molar-refractivity contribution in [2.75, 3.05) is 19.6 Å². The van der Waals surface area contributed by atoms with E-state index in [9.17, 15) is 9.90 Å². The van der Waals surface area contributed by atoms with Crippen LogP contribution in [-0.4, -0.2) is 47.2 Å². The van der Waals surface area contributed by atoms with Crippen LogP contribution in [0.5, 0.6) is 0 Å². The third-order valence-corrected chi connectivity index (χ3v) is 4.95. The number of β-amino-alcohol motifs (C(OH)–C–C–N with tert-alkyl or cyclic N) is 1. The first kappa shape index (κ1) is 12.4. The predicted octanol–water partition coefficient (Wildman–Crippen LogP) is 0.748. The molecule has 2 heterocycles. The molecule has 4 nitrogen and oxygen atoms in total. The number of rotatable bonds is 2. The Morgan fingerprint density at radius 3 is 2.56 bits per heavy atom. The average molecular weight is 252 g/mol. The van der Waals surface area contributed by atoms with Crippen molar-refractivity contribution < 1.29 is 9.90 Å². The van der Waals surface area contributed by atoms with E-state index in [-0.39, 0.29) is 17.4 Å². The molecule has 3 rings (SSSR count). The summed E-state index contributed by atoms with van der Waals surface area (Å²) in [7, 11) is 0. The lowest BCUT2D eigenvalue weighted by molar-refractivity contribution is -0.164. The number of hydrogen-bond acceptors (Lipinski definition) is 3. The van der Waals surface area contributed by atoms with E-state index in [1.807, 2.05) is 4.90 Å². The van der Waals surface area contributed by atoms with Gasteiger partial charge in [-0.05, 0) is 43.6 Å². The van der Waals surface area contributed by atoms with Crippen molar-refractivity contribution in [1.82, 2.24) is 10.2 Å². The lowest BCUT2D eigenvalue weighted by atomic mass is 9.76. The van der Waals surface area contributed by atoms with Gasteiger partial charge < -0.3 is 15.3 Å². The minimum Gasteiger partial charge on any atom is -0.386 e. The summed E-state index contributed by atoms with van der Waals surface area (Å²) in [6, 6.07) is -0.0741. The lowest BCUT2D eigenvalue weighted by Gasteiger charge is -2.50. The number of carbonyl (C=O) groups is 1. The Labute approximate surface area is 109 Å². The van der Waals surface area contributed by atoms with Crippen LogP contribution in [0.25, 0.3) is 0 Å². The Balaban J connectivity index is 1.62. The minimum absolute atomic E-state index is 0.0304. The van der Waals surface area contributed by atoms with Crippen LogP contribution in [0, 0.1) is 11.3 Å². The van der Waals surface area contributed by atoms with E-state index in [4.69, 9.17) is 0 Å². The maximum Gasteiger partial charge on any atom is 0.240 e. The van der Waals surface area contributed by atoms with E-state index in [1.165, 1.54) is 0 Å². The zero-order valence-corrected chi connectivity index (χ0v) is 11.4. The summed E-state index contributed by atoms with van der Waals surface area (Å²) in [5.41, 5.74) is -0.531. The van der Waals surface area contributed by atoms with Crippen LogP contribution in [0.4, 0.5) is 0 Å². The molecule has 3 fully saturated rings. The Hall–Kier alpha value is -0.610. The van der Waals surface area contributed by atoms with E-state index in [0.29, 0.717) is 19.0 Å². The second kappa shape index (κ2) is 3.94. The molecular weight excluding hydrogens is 228 g/mol. The molecule has 1 atom stereocenters. The molecule has 2 aliphatic heterocycles. The average Bonchev–Trinajstić information content (AvgIpc) is 3.07. The summed E-state index contributed by atoms with van der Waals surface area (Å²) in [6.07, 6.45) is 4.50. The lowest BCUT2D eigenvalue weighted by Crippen LogP contribution is -2.69. The summed E-state index contributed by atoms with van der Waals surface area (Å²) >= 11 is 0. The summed E-state index contributed by atoms with van der Waals surface area (Å²) in [5.74, 6) is 0.638. The van der Waals surface area contributed by atoms with Gasteiger partial charge in [0.25, 0.3) is 0 Å². The van der Waals surface area contributed by atoms with Crippen LogP contribution in [0.2, 0.25) is 0 Å². The number of piperidine rings is 1. The largest absolute Gasteiger partial charge is 0.386 e. The molecule has 1 unspecified atom stereocenters. The van der Waals surface area contributed by atoms with Gasteiger partial charge in [-0.1, -0.05) is 13.8 Å². The SMILES string of the molecule is CC1(C)CCCNC1C(=O)N1CC(O)(C2CC2)C1. The van der Waals surface area contributed by atoms with Gasteiger partial charge >= 0.3 is 0 Å². The molecule has 18 heavy (non-hydrogen) atoms. The van der Waals surface area contributed by atoms with Crippen LogP contribution in [0.3, 0.4) is 0 Å². The Morgan fingerprint density at radius 2 is 2.00 bits per heavy atom. The van der Waals surface area contributed by atoms with Crippen molar-refractivity contribution in [2.24, 2.45) is 11.3 Å². The zero-order valence-electron chi connectivity index (χ0n) is 11.4. The maximum absolute atomic E-state index is 12.5. The monoisotopic (exact) mass is 252 g/mol. The first-order chi connectivity index (χ1) is 8.42. The second-order valence-corrected chi connectivity index (χ2v) is 7.05. The Kier molecular flexibility index (Phi) is 2.72. The molecule has 0 aromatic rings. The van der Waals surface area contributed by atoms with E-state index in [2.05, 4.69) is 19.2 Å². The summed E-state index contributed by atoms with van der Waals surface area (Å²) in [4.78, 5) is 14.3. The highest BCUT2D eigenvalue weighted by Gasteiger charge is 2.54. The number of nitrogens with zero attached hydrogens (tertiary/aromatic N) is 1. The normalized spacial score (nSPS) is 33.9. The molecule has 0 spiro atoms. The molecule has 2 saturated heterocycles. The third-order valence-electron chi connectivity index (χ3n) is 4.95. The topological polar surface area (TPSA) is 52.6 Å². The van der Waals surface area contributed by atoms with Gasteiger partial charge in [-0.3, -0.25) is 4.79 Å². The van der Waals surface area contributed by atoms with Crippen LogP contribution in [-0.2, 0) is 4.79 Å². The van der Waals surface area contributed by atoms with Gasteiger partial charge in [-0.25, -0.2) is 0 Å². The van der Waals surface area contributed by atoms with Crippen molar-refractivity contribution in [1.29, 1.82) is 0 Å². The second-order valence-electron chi connectivity index (χ2n) is 7.05. The molecule has 1 aliphatic carbocycles. The molecule has 102 valence electrons. The van der Waals surface area contributed by atoms with E-state index < -0.39 is 5.60 Å². The van der Waals surface area contributed by atoms with Crippen LogP contribution in [0.15, 0.2) is 0 Å². The number of likely N-dealkylation sites (tertiary alicyclic amines) is 1. The van der Waals surface area contributed by atoms with Crippen LogP contribution in [0.1, 0.15) is 39.5 Å². The van der Waals surface area contributed by atoms with Gasteiger partial charge in [0.15, 0.2) is 0 Å². The van der Waals surface area contributed by atoms with E-state index in [1.54, 1.807) is 0 Å². The predicted molar refractivity (Wildman–Crippen MR) is 69.1 cm³/mol. The number of carbonyl (C=O) groups excluding carboxylic acids is 1. The summed E-state index contributed by atoms with van der Waals surface area (Å²) < 4.78 is 0. The fraction of sp³-hybridized carbons (Fsp3) is 0.929. The van der Waals surface area contributed by atoms with E-state index in [0.717, 1.165) is 32.2 Å². The van der Waals surface area contributed by atoms with Gasteiger partial charge in [0.05, 0.1) is 19.1 Å². The highest BCUT2D eigenvalue weighted by atomic mass is 16.3. The molecule has 3 aliphatic rings. The molecule has 2 N–H and O–H groups in total. The van der Waals surface area contributed by atoms with E-state index >= 15 is 0 Å². The van der Waals surface area contributed by atoms with Crippen molar-refractivity contribution in [3.8, 4) is 0 Å². The summed E-state index contributed by atoms with van der Waals surface area (Å²) in [6.45, 7) is 6.35. The van der Waals surface area contributed by atoms with Crippen molar-refractivity contribution >= 4 is 5.91 Å². The van der Waals surface area contributed by atoms with Crippen molar-refractivity contribution in [3.05, 3.63) is 0 Å². The highest BCUT2D eigenvalue weighted by molar-refractivity contribution is 5.84. The molecule has 0 bridgehead atoms. The molecule has 1 saturated carbocycles. The molecule has 1 amide bonds. The first-order valence-electron chi connectivity index (χ1n) is 7.17. The van der Waals surface area contributed by atoms with Gasteiger partial charge in [-0.2, -0.15) is 0 Å². The third kappa shape index (κ3) is 1.95. The van der Waals surface area contributed by atoms with Gasteiger partial charge in [-0.15, -0.1) is 0 Å². The zero-order chi connectivity index (χ0) is 13.0. The number of amides is 1. The molecule has 0 aromatic heterocycles. The molecule has 0 aromatic carbocycles. The number of nitrogens with one attached hydrogen (secondary N) is 1. The van der Waals surface area contributed by atoms with Gasteiger partial charge in [0.2, 0.25) is 5.91 Å². The molecular formula is C14H24N2O2. The van der Waals surface area contributed by atoms with Crippen molar-refractivity contribution in [3.63, 3.8) is 0 Å². The van der Waals surface area contributed by atoms with Gasteiger partial charge in [0.1, 0.15) is 5.60 Å². The minimum atomic E-state index is -0.561.